The van der Waals surface area contributed by atoms with Gasteiger partial charge < -0.3 is 14.2 Å². The van der Waals surface area contributed by atoms with Crippen molar-refractivity contribution in [3.63, 3.8) is 0 Å². The number of carbonyl (C=O) groups excluding carboxylic acids is 3. The first-order valence-electron chi connectivity index (χ1n) is 26.8. The van der Waals surface area contributed by atoms with Crippen molar-refractivity contribution in [2.75, 3.05) is 13.2 Å². The van der Waals surface area contributed by atoms with Crippen LogP contribution in [0.3, 0.4) is 0 Å². The Bertz CT molecular complexity index is 918. The van der Waals surface area contributed by atoms with Crippen molar-refractivity contribution in [2.45, 2.75) is 304 Å². The third-order valence-electron chi connectivity index (χ3n) is 12.6. The van der Waals surface area contributed by atoms with Crippen molar-refractivity contribution in [1.29, 1.82) is 0 Å². The van der Waals surface area contributed by atoms with Crippen LogP contribution in [0.15, 0.2) is 0 Å². The maximum atomic E-state index is 12.8. The van der Waals surface area contributed by atoms with Gasteiger partial charge in [0.2, 0.25) is 0 Å². The van der Waals surface area contributed by atoms with Crippen molar-refractivity contribution in [3.05, 3.63) is 0 Å². The Morgan fingerprint density at radius 3 is 0.950 bits per heavy atom. The molecule has 0 N–H and O–H groups in total. The first-order chi connectivity index (χ1) is 29.3. The molecule has 0 heterocycles. The summed E-state index contributed by atoms with van der Waals surface area (Å²) < 4.78 is 16.8. The molecule has 0 aliphatic carbocycles. The summed E-state index contributed by atoms with van der Waals surface area (Å²) in [6.45, 7) is 11.4. The fraction of sp³-hybridized carbons (Fsp3) is 0.944. The predicted octanol–water partition coefficient (Wildman–Crippen LogP) is 17.3. The van der Waals surface area contributed by atoms with Gasteiger partial charge in [-0.05, 0) is 31.1 Å². The number of unbranched alkanes of at least 4 members (excludes halogenated alkanes) is 32. The van der Waals surface area contributed by atoms with Gasteiger partial charge in [0.1, 0.15) is 13.2 Å². The highest BCUT2D eigenvalue weighted by Crippen LogP contribution is 2.18. The molecule has 0 rings (SSSR count). The van der Waals surface area contributed by atoms with E-state index in [1.807, 2.05) is 0 Å². The normalized spacial score (nSPS) is 12.5. The van der Waals surface area contributed by atoms with Gasteiger partial charge in [0.05, 0.1) is 0 Å². The number of hydrogen-bond donors (Lipinski definition) is 0. The Morgan fingerprint density at radius 2 is 0.633 bits per heavy atom. The van der Waals surface area contributed by atoms with Crippen molar-refractivity contribution in [2.24, 2.45) is 11.8 Å². The summed E-state index contributed by atoms with van der Waals surface area (Å²) in [5, 5.41) is 0. The molecule has 1 unspecified atom stereocenters. The van der Waals surface area contributed by atoms with Gasteiger partial charge >= 0.3 is 17.9 Å². The summed E-state index contributed by atoms with van der Waals surface area (Å²) in [6, 6.07) is 0. The maximum Gasteiger partial charge on any atom is 0.306 e. The second-order valence-electron chi connectivity index (χ2n) is 19.2. The Kier molecular flexibility index (Phi) is 45.7. The van der Waals surface area contributed by atoms with E-state index in [1.165, 1.54) is 186 Å². The minimum Gasteiger partial charge on any atom is -0.462 e. The molecule has 0 spiro atoms. The lowest BCUT2D eigenvalue weighted by molar-refractivity contribution is -0.167. The molecule has 0 aromatic carbocycles. The van der Waals surface area contributed by atoms with Gasteiger partial charge in [0.15, 0.2) is 6.10 Å². The average Bonchev–Trinajstić information content (AvgIpc) is 3.23. The van der Waals surface area contributed by atoms with E-state index in [9.17, 15) is 14.4 Å². The van der Waals surface area contributed by atoms with Crippen LogP contribution in [0.2, 0.25) is 0 Å². The molecule has 0 amide bonds. The van der Waals surface area contributed by atoms with E-state index in [1.54, 1.807) is 0 Å². The van der Waals surface area contributed by atoms with Crippen LogP contribution < -0.4 is 0 Å². The largest absolute Gasteiger partial charge is 0.462 e. The molecule has 0 saturated heterocycles. The quantitative estimate of drug-likeness (QED) is 0.0345. The van der Waals surface area contributed by atoms with Gasteiger partial charge in [-0.25, -0.2) is 0 Å². The lowest BCUT2D eigenvalue weighted by Gasteiger charge is -2.18. The minimum atomic E-state index is -0.762. The van der Waals surface area contributed by atoms with Crippen molar-refractivity contribution < 1.29 is 28.6 Å². The van der Waals surface area contributed by atoms with E-state index in [2.05, 4.69) is 34.6 Å². The molecule has 0 saturated carbocycles. The Balaban J connectivity index is 4.28. The molecule has 0 bridgehead atoms. The molecule has 6 nitrogen and oxygen atoms in total. The van der Waals surface area contributed by atoms with Crippen LogP contribution in [-0.2, 0) is 28.6 Å². The van der Waals surface area contributed by atoms with Gasteiger partial charge in [0, 0.05) is 19.3 Å². The summed E-state index contributed by atoms with van der Waals surface area (Å²) in [5.74, 6) is 0.804. The fourth-order valence-corrected chi connectivity index (χ4v) is 8.13. The number of carbonyl (C=O) groups is 3. The zero-order chi connectivity index (χ0) is 44.0. The lowest BCUT2D eigenvalue weighted by Crippen LogP contribution is -2.30. The number of hydrogen-bond acceptors (Lipinski definition) is 6. The van der Waals surface area contributed by atoms with E-state index in [4.69, 9.17) is 14.2 Å². The summed E-state index contributed by atoms with van der Waals surface area (Å²) >= 11 is 0. The zero-order valence-corrected chi connectivity index (χ0v) is 41.1. The Labute approximate surface area is 374 Å². The maximum absolute atomic E-state index is 12.8. The molecule has 2 atom stereocenters. The average molecular weight is 849 g/mol. The first-order valence-corrected chi connectivity index (χ1v) is 26.8. The highest BCUT2D eigenvalue weighted by atomic mass is 16.6. The minimum absolute atomic E-state index is 0.0640. The smallest absolute Gasteiger partial charge is 0.306 e. The van der Waals surface area contributed by atoms with Gasteiger partial charge in [-0.1, -0.05) is 259 Å². The second-order valence-corrected chi connectivity index (χ2v) is 19.2. The topological polar surface area (TPSA) is 78.9 Å². The van der Waals surface area contributed by atoms with Crippen LogP contribution in [0.4, 0.5) is 0 Å². The molecular weight excluding hydrogens is 745 g/mol. The molecule has 6 heteroatoms. The molecule has 356 valence electrons. The molecule has 0 radical (unpaired) electrons. The molecule has 0 aromatic rings. The summed E-state index contributed by atoms with van der Waals surface area (Å²) in [5.41, 5.74) is 0. The van der Waals surface area contributed by atoms with Crippen LogP contribution in [0.5, 0.6) is 0 Å². The van der Waals surface area contributed by atoms with E-state index in [0.29, 0.717) is 19.3 Å². The van der Waals surface area contributed by atoms with E-state index >= 15 is 0 Å². The summed E-state index contributed by atoms with van der Waals surface area (Å²) in [6.07, 6.45) is 48.1. The van der Waals surface area contributed by atoms with Gasteiger partial charge in [-0.15, -0.1) is 0 Å². The molecule has 0 aromatic heterocycles. The predicted molar refractivity (Wildman–Crippen MR) is 256 cm³/mol. The van der Waals surface area contributed by atoms with E-state index in [0.717, 1.165) is 69.6 Å². The molecule has 60 heavy (non-hydrogen) atoms. The standard InChI is InChI=1S/C54H104O6/c1-6-8-9-10-11-12-13-14-15-16-19-22-25-28-34-39-44-52(55)58-47-51(48-59-53(56)45-40-35-31-30-33-38-43-50(5)7-2)60-54(57)46-41-36-29-26-23-20-17-18-21-24-27-32-37-42-49(3)4/h49-51H,6-48H2,1-5H3/t50?,51-/m0/s1. The first kappa shape index (κ1) is 58.4. The van der Waals surface area contributed by atoms with Gasteiger partial charge in [-0.2, -0.15) is 0 Å². The van der Waals surface area contributed by atoms with Crippen LogP contribution >= 0.6 is 0 Å². The monoisotopic (exact) mass is 849 g/mol. The SMILES string of the molecule is CCCCCCCCCCCCCCCCCCC(=O)OC[C@@H](COC(=O)CCCCCCCCC(C)CC)OC(=O)CCCCCCCCCCCCCCCC(C)C. The van der Waals surface area contributed by atoms with Crippen LogP contribution in [0.25, 0.3) is 0 Å². The van der Waals surface area contributed by atoms with E-state index < -0.39 is 6.10 Å². The third-order valence-corrected chi connectivity index (χ3v) is 12.6. The Morgan fingerprint density at radius 1 is 0.350 bits per heavy atom. The summed E-state index contributed by atoms with van der Waals surface area (Å²) in [7, 11) is 0. The van der Waals surface area contributed by atoms with Crippen LogP contribution in [0.1, 0.15) is 298 Å². The van der Waals surface area contributed by atoms with Crippen LogP contribution in [-0.4, -0.2) is 37.2 Å². The third kappa shape index (κ3) is 45.9. The molecule has 0 fully saturated rings. The van der Waals surface area contributed by atoms with Gasteiger partial charge in [-0.3, -0.25) is 14.4 Å². The fourth-order valence-electron chi connectivity index (χ4n) is 8.13. The number of esters is 3. The van der Waals surface area contributed by atoms with E-state index in [-0.39, 0.29) is 31.1 Å². The van der Waals surface area contributed by atoms with Crippen LogP contribution in [0, 0.1) is 11.8 Å². The number of ether oxygens (including phenoxy) is 3. The molecular formula is C54H104O6. The van der Waals surface area contributed by atoms with Gasteiger partial charge in [0.25, 0.3) is 0 Å². The highest BCUT2D eigenvalue weighted by Gasteiger charge is 2.19. The summed E-state index contributed by atoms with van der Waals surface area (Å²) in [4.78, 5) is 38.0. The zero-order valence-electron chi connectivity index (χ0n) is 41.1. The second kappa shape index (κ2) is 46.9. The molecule has 0 aliphatic rings. The molecule has 0 aliphatic heterocycles. The van der Waals surface area contributed by atoms with Crippen molar-refractivity contribution in [1.82, 2.24) is 0 Å². The highest BCUT2D eigenvalue weighted by molar-refractivity contribution is 5.71. The number of rotatable bonds is 48. The van der Waals surface area contributed by atoms with Crippen molar-refractivity contribution >= 4 is 17.9 Å². The van der Waals surface area contributed by atoms with Crippen molar-refractivity contribution in [3.8, 4) is 0 Å². The lowest BCUT2D eigenvalue weighted by atomic mass is 10.00. The Hall–Kier alpha value is -1.59.